The van der Waals surface area contributed by atoms with Crippen LogP contribution in [0.3, 0.4) is 0 Å². The molecule has 0 fully saturated rings. The molecule has 0 radical (unpaired) electrons. The second-order valence-electron chi connectivity index (χ2n) is 9.17. The fourth-order valence-electron chi connectivity index (χ4n) is 4.22. The van der Waals surface area contributed by atoms with E-state index in [2.05, 4.69) is 41.4 Å². The van der Waals surface area contributed by atoms with Crippen LogP contribution in [0.1, 0.15) is 51.8 Å². The van der Waals surface area contributed by atoms with Crippen molar-refractivity contribution >= 4 is 28.1 Å². The molecule has 1 N–H and O–H groups in total. The molecule has 0 aliphatic rings. The zero-order valence-electron chi connectivity index (χ0n) is 21.0. The number of benzene rings is 3. The lowest BCUT2D eigenvalue weighted by Gasteiger charge is -2.27. The van der Waals surface area contributed by atoms with Gasteiger partial charge in [-0.15, -0.1) is 11.3 Å². The van der Waals surface area contributed by atoms with Crippen molar-refractivity contribution in [1.82, 2.24) is 20.1 Å². The van der Waals surface area contributed by atoms with Gasteiger partial charge >= 0.3 is 0 Å². The highest BCUT2D eigenvalue weighted by molar-refractivity contribution is 7.13. The third-order valence-corrected chi connectivity index (χ3v) is 7.27. The summed E-state index contributed by atoms with van der Waals surface area (Å²) >= 11 is 1.36. The molecule has 2 heterocycles. The Morgan fingerprint density at radius 2 is 1.76 bits per heavy atom. The maximum absolute atomic E-state index is 13.4. The second kappa shape index (κ2) is 11.1. The van der Waals surface area contributed by atoms with E-state index in [1.807, 2.05) is 38.1 Å². The van der Waals surface area contributed by atoms with Gasteiger partial charge in [-0.05, 0) is 86.8 Å². The Labute approximate surface area is 226 Å². The minimum atomic E-state index is -0.436. The number of halogens is 1. The van der Waals surface area contributed by atoms with Crippen LogP contribution in [0.4, 0.5) is 4.39 Å². The number of thiazole rings is 1. The van der Waals surface area contributed by atoms with Gasteiger partial charge in [-0.1, -0.05) is 25.6 Å². The number of fused-ring (bicyclic) bond motifs is 1. The van der Waals surface area contributed by atoms with Crippen molar-refractivity contribution in [3.63, 3.8) is 0 Å². The number of nitrogens with zero attached hydrogens (tertiary/aromatic N) is 3. The van der Waals surface area contributed by atoms with Crippen molar-refractivity contribution in [3.05, 3.63) is 105 Å². The van der Waals surface area contributed by atoms with Crippen LogP contribution < -0.4 is 10.1 Å². The van der Waals surface area contributed by atoms with Gasteiger partial charge in [-0.25, -0.2) is 14.1 Å². The topological polar surface area (TPSA) is 69.0 Å². The number of hydrogen-bond donors (Lipinski definition) is 1. The van der Waals surface area contributed by atoms with Gasteiger partial charge in [0.05, 0.1) is 23.4 Å². The van der Waals surface area contributed by atoms with E-state index in [9.17, 15) is 9.18 Å². The summed E-state index contributed by atoms with van der Waals surface area (Å²) < 4.78 is 21.7. The van der Waals surface area contributed by atoms with Gasteiger partial charge in [0, 0.05) is 16.5 Å². The Bertz CT molecular complexity index is 1580. The van der Waals surface area contributed by atoms with Crippen molar-refractivity contribution in [1.29, 1.82) is 0 Å². The monoisotopic (exact) mass is 530 g/mol. The van der Waals surface area contributed by atoms with Crippen LogP contribution in [-0.2, 0) is 0 Å². The van der Waals surface area contributed by atoms with Gasteiger partial charge in [-0.3, -0.25) is 4.79 Å². The van der Waals surface area contributed by atoms with Gasteiger partial charge in [0.1, 0.15) is 17.7 Å². The number of nitrogens with one attached hydrogen (secondary N) is 1. The van der Waals surface area contributed by atoms with E-state index in [1.54, 1.807) is 29.2 Å². The quantitative estimate of drug-likeness (QED) is 0.243. The number of rotatable bonds is 7. The number of carbonyl (C=O) groups excluding carboxylic acids is 1. The largest absolute Gasteiger partial charge is 0.484 e. The van der Waals surface area contributed by atoms with Crippen molar-refractivity contribution in [2.45, 2.75) is 47.3 Å². The maximum Gasteiger partial charge on any atom is 0.280 e. The third kappa shape index (κ3) is 5.60. The van der Waals surface area contributed by atoms with Crippen molar-refractivity contribution in [2.24, 2.45) is 0 Å². The van der Waals surface area contributed by atoms with Gasteiger partial charge in [-0.2, -0.15) is 5.10 Å². The van der Waals surface area contributed by atoms with Crippen LogP contribution in [0.5, 0.6) is 5.75 Å². The summed E-state index contributed by atoms with van der Waals surface area (Å²) in [6.07, 6.45) is 3.02. The first-order chi connectivity index (χ1) is 17.8. The molecule has 5 rings (SSSR count). The molecule has 0 spiro atoms. The third-order valence-electron chi connectivity index (χ3n) is 6.36. The van der Waals surface area contributed by atoms with E-state index in [-0.39, 0.29) is 25.2 Å². The molecule has 38 heavy (non-hydrogen) atoms. The van der Waals surface area contributed by atoms with Crippen LogP contribution in [-0.4, -0.2) is 26.7 Å². The average Bonchev–Trinajstić information content (AvgIpc) is 3.51. The predicted molar refractivity (Wildman–Crippen MR) is 151 cm³/mol. The maximum atomic E-state index is 13.4. The summed E-state index contributed by atoms with van der Waals surface area (Å²) in [5, 5.41) is 8.86. The molecule has 0 aliphatic heterocycles. The number of carbonyl (C=O) groups is 1. The minimum absolute atomic E-state index is 0. The SMILES string of the molecule is C.Cc1cnc(C(=O)N[C@@H](C)[C@H](Oc2ccc3c(cnn3-c3ccc(F)cc3)c2)c2ccc(C)c(C)c2)s1. The van der Waals surface area contributed by atoms with E-state index in [1.165, 1.54) is 29.0 Å². The highest BCUT2D eigenvalue weighted by Crippen LogP contribution is 2.30. The van der Waals surface area contributed by atoms with Crippen molar-refractivity contribution in [2.75, 3.05) is 0 Å². The lowest BCUT2D eigenvalue weighted by Crippen LogP contribution is -2.39. The normalized spacial score (nSPS) is 12.6. The van der Waals surface area contributed by atoms with Crippen molar-refractivity contribution < 1.29 is 13.9 Å². The molecule has 0 aliphatic carbocycles. The van der Waals surface area contributed by atoms with E-state index in [4.69, 9.17) is 4.74 Å². The summed E-state index contributed by atoms with van der Waals surface area (Å²) in [4.78, 5) is 18.1. The average molecular weight is 531 g/mol. The molecule has 0 saturated carbocycles. The first-order valence-corrected chi connectivity index (χ1v) is 12.8. The van der Waals surface area contributed by atoms with Crippen LogP contribution in [0.25, 0.3) is 16.6 Å². The number of aryl methyl sites for hydroxylation is 3. The highest BCUT2D eigenvalue weighted by Gasteiger charge is 2.25. The molecule has 0 saturated heterocycles. The molecule has 0 unspecified atom stereocenters. The van der Waals surface area contributed by atoms with Gasteiger partial charge in [0.2, 0.25) is 0 Å². The molecule has 3 aromatic carbocycles. The molecule has 8 heteroatoms. The van der Waals surface area contributed by atoms with Crippen molar-refractivity contribution in [3.8, 4) is 11.4 Å². The minimum Gasteiger partial charge on any atom is -0.484 e. The molecule has 5 aromatic rings. The number of aromatic nitrogens is 3. The molecule has 2 atom stereocenters. The molecule has 196 valence electrons. The van der Waals surface area contributed by atoms with Crippen LogP contribution >= 0.6 is 11.3 Å². The van der Waals surface area contributed by atoms with E-state index in [0.29, 0.717) is 10.8 Å². The first kappa shape index (κ1) is 27.0. The van der Waals surface area contributed by atoms with Gasteiger partial charge in [0.15, 0.2) is 5.01 Å². The molecule has 6 nitrogen and oxygen atoms in total. The summed E-state index contributed by atoms with van der Waals surface area (Å²) in [6, 6.07) is 17.8. The van der Waals surface area contributed by atoms with Crippen LogP contribution in [0.15, 0.2) is 73.1 Å². The van der Waals surface area contributed by atoms with E-state index in [0.717, 1.165) is 32.6 Å². The fourth-order valence-corrected chi connectivity index (χ4v) is 4.89. The zero-order valence-corrected chi connectivity index (χ0v) is 21.8. The van der Waals surface area contributed by atoms with E-state index < -0.39 is 6.10 Å². The van der Waals surface area contributed by atoms with Gasteiger partial charge < -0.3 is 10.1 Å². The number of hydrogen-bond acceptors (Lipinski definition) is 5. The molecule has 1 amide bonds. The summed E-state index contributed by atoms with van der Waals surface area (Å²) in [5.74, 6) is 0.138. The summed E-state index contributed by atoms with van der Waals surface area (Å²) in [5.41, 5.74) is 4.95. The molecular weight excluding hydrogens is 499 g/mol. The first-order valence-electron chi connectivity index (χ1n) is 12.0. The van der Waals surface area contributed by atoms with E-state index >= 15 is 0 Å². The van der Waals surface area contributed by atoms with Crippen LogP contribution in [0, 0.1) is 26.6 Å². The highest BCUT2D eigenvalue weighted by atomic mass is 32.1. The standard InChI is InChI=1S/C29H27FN4O2S.CH4/c1-17-5-6-21(13-18(17)2)27(20(4)33-28(35)29-31-15-19(3)37-29)36-25-11-12-26-22(14-25)16-32-34(26)24-9-7-23(30)8-10-24;/h5-16,20,27H,1-4H3,(H,33,35);1H4/t20-,27-;/m0./s1. The summed E-state index contributed by atoms with van der Waals surface area (Å²) in [7, 11) is 0. The predicted octanol–water partition coefficient (Wildman–Crippen LogP) is 7.12. The van der Waals surface area contributed by atoms with Gasteiger partial charge in [0.25, 0.3) is 5.91 Å². The number of ether oxygens (including phenoxy) is 1. The fraction of sp³-hybridized carbons (Fsp3) is 0.233. The Balaban J connectivity index is 0.00000336. The summed E-state index contributed by atoms with van der Waals surface area (Å²) in [6.45, 7) is 7.99. The lowest BCUT2D eigenvalue weighted by molar-refractivity contribution is 0.0881. The molecular formula is C30H31FN4O2S. The molecule has 2 aromatic heterocycles. The Morgan fingerprint density at radius 3 is 2.45 bits per heavy atom. The zero-order chi connectivity index (χ0) is 26.1. The van der Waals surface area contributed by atoms with Crippen LogP contribution in [0.2, 0.25) is 0 Å². The second-order valence-corrected chi connectivity index (χ2v) is 10.4. The number of amides is 1. The Hall–Kier alpha value is -4.04. The smallest absolute Gasteiger partial charge is 0.280 e. The Kier molecular flexibility index (Phi) is 7.92. The molecule has 0 bridgehead atoms. The lowest BCUT2D eigenvalue weighted by atomic mass is 9.98. The Morgan fingerprint density at radius 1 is 1.00 bits per heavy atom.